The molecule has 1 aliphatic rings. The monoisotopic (exact) mass is 208 g/mol. The number of aryl methyl sites for hydroxylation is 1. The lowest BCUT2D eigenvalue weighted by molar-refractivity contribution is -0.120. The van der Waals surface area contributed by atoms with E-state index in [4.69, 9.17) is 0 Å². The lowest BCUT2D eigenvalue weighted by Gasteiger charge is -2.12. The first-order valence-corrected chi connectivity index (χ1v) is 5.18. The molecule has 82 valence electrons. The highest BCUT2D eigenvalue weighted by molar-refractivity contribution is 5.92. The molecule has 2 rings (SSSR count). The summed E-state index contributed by atoms with van der Waals surface area (Å²) in [7, 11) is 1.83. The van der Waals surface area contributed by atoms with Crippen molar-refractivity contribution < 1.29 is 4.79 Å². The second-order valence-electron chi connectivity index (χ2n) is 4.11. The van der Waals surface area contributed by atoms with Crippen molar-refractivity contribution in [3.63, 3.8) is 0 Å². The zero-order valence-electron chi connectivity index (χ0n) is 9.03. The van der Waals surface area contributed by atoms with Crippen LogP contribution >= 0.6 is 0 Å². The summed E-state index contributed by atoms with van der Waals surface area (Å²) in [4.78, 5) is 11.8. The zero-order chi connectivity index (χ0) is 10.8. The molecule has 0 radical (unpaired) electrons. The first-order valence-electron chi connectivity index (χ1n) is 5.18. The van der Waals surface area contributed by atoms with Gasteiger partial charge >= 0.3 is 0 Å². The molecular formula is C10H16N4O. The van der Waals surface area contributed by atoms with Gasteiger partial charge in [-0.3, -0.25) is 9.48 Å². The van der Waals surface area contributed by atoms with Gasteiger partial charge in [-0.15, -0.1) is 0 Å². The maximum atomic E-state index is 11.8. The number of nitrogens with zero attached hydrogens (tertiary/aromatic N) is 2. The number of rotatable bonds is 2. The maximum absolute atomic E-state index is 11.8. The number of hydrogen-bond donors (Lipinski definition) is 2. The molecule has 2 atom stereocenters. The molecule has 0 bridgehead atoms. The summed E-state index contributed by atoms with van der Waals surface area (Å²) in [6, 6.07) is 1.80. The quantitative estimate of drug-likeness (QED) is 0.730. The molecule has 1 saturated heterocycles. The standard InChI is InChI=1S/C10H16N4O/c1-7-5-11-6-8(7)10(15)12-9-3-4-14(2)13-9/h3-4,7-8,11H,5-6H2,1-2H3,(H,12,13,15). The Labute approximate surface area is 88.8 Å². The van der Waals surface area contributed by atoms with Gasteiger partial charge in [0.2, 0.25) is 5.91 Å². The van der Waals surface area contributed by atoms with Gasteiger partial charge in [0, 0.05) is 25.9 Å². The van der Waals surface area contributed by atoms with E-state index in [0.717, 1.165) is 13.1 Å². The van der Waals surface area contributed by atoms with Gasteiger partial charge < -0.3 is 10.6 Å². The van der Waals surface area contributed by atoms with Gasteiger partial charge in [0.25, 0.3) is 0 Å². The van der Waals surface area contributed by atoms with Crippen LogP contribution in [-0.2, 0) is 11.8 Å². The van der Waals surface area contributed by atoms with Gasteiger partial charge in [0.05, 0.1) is 5.92 Å². The number of carbonyl (C=O) groups is 1. The SMILES string of the molecule is CC1CNCC1C(=O)Nc1ccn(C)n1. The lowest BCUT2D eigenvalue weighted by atomic mass is 9.97. The van der Waals surface area contributed by atoms with Crippen molar-refractivity contribution in [1.82, 2.24) is 15.1 Å². The summed E-state index contributed by atoms with van der Waals surface area (Å²) in [5, 5.41) is 10.1. The molecule has 0 spiro atoms. The van der Waals surface area contributed by atoms with E-state index in [1.807, 2.05) is 13.2 Å². The lowest BCUT2D eigenvalue weighted by Crippen LogP contribution is -2.28. The van der Waals surface area contributed by atoms with Crippen molar-refractivity contribution in [2.45, 2.75) is 6.92 Å². The van der Waals surface area contributed by atoms with Gasteiger partial charge in [-0.1, -0.05) is 6.92 Å². The van der Waals surface area contributed by atoms with Crippen LogP contribution in [-0.4, -0.2) is 28.8 Å². The Hall–Kier alpha value is -1.36. The zero-order valence-corrected chi connectivity index (χ0v) is 9.03. The number of nitrogens with one attached hydrogen (secondary N) is 2. The summed E-state index contributed by atoms with van der Waals surface area (Å²) in [5.41, 5.74) is 0. The number of hydrogen-bond acceptors (Lipinski definition) is 3. The Balaban J connectivity index is 1.97. The Morgan fingerprint density at radius 3 is 3.00 bits per heavy atom. The van der Waals surface area contributed by atoms with Crippen molar-refractivity contribution in [3.05, 3.63) is 12.3 Å². The highest BCUT2D eigenvalue weighted by atomic mass is 16.2. The average molecular weight is 208 g/mol. The fraction of sp³-hybridized carbons (Fsp3) is 0.600. The minimum atomic E-state index is 0.0613. The third-order valence-electron chi connectivity index (χ3n) is 2.82. The van der Waals surface area contributed by atoms with Crippen LogP contribution in [0.1, 0.15) is 6.92 Å². The van der Waals surface area contributed by atoms with Crippen LogP contribution in [0.3, 0.4) is 0 Å². The number of anilines is 1. The first-order chi connectivity index (χ1) is 7.16. The molecule has 1 amide bonds. The van der Waals surface area contributed by atoms with Gasteiger partial charge in [-0.05, 0) is 12.5 Å². The van der Waals surface area contributed by atoms with E-state index in [1.54, 1.807) is 10.7 Å². The highest BCUT2D eigenvalue weighted by Gasteiger charge is 2.29. The van der Waals surface area contributed by atoms with E-state index in [2.05, 4.69) is 22.7 Å². The van der Waals surface area contributed by atoms with Gasteiger partial charge in [0.15, 0.2) is 5.82 Å². The van der Waals surface area contributed by atoms with Crippen molar-refractivity contribution in [3.8, 4) is 0 Å². The smallest absolute Gasteiger partial charge is 0.230 e. The van der Waals surface area contributed by atoms with E-state index in [9.17, 15) is 4.79 Å². The molecule has 0 aromatic carbocycles. The summed E-state index contributed by atoms with van der Waals surface area (Å²) < 4.78 is 1.67. The number of aromatic nitrogens is 2. The molecule has 0 aliphatic carbocycles. The Morgan fingerprint density at radius 1 is 1.67 bits per heavy atom. The average Bonchev–Trinajstić information content (AvgIpc) is 2.75. The minimum Gasteiger partial charge on any atom is -0.316 e. The van der Waals surface area contributed by atoms with Crippen LogP contribution in [0.15, 0.2) is 12.3 Å². The van der Waals surface area contributed by atoms with Crippen molar-refractivity contribution >= 4 is 11.7 Å². The summed E-state index contributed by atoms with van der Waals surface area (Å²) in [6.07, 6.45) is 1.81. The third kappa shape index (κ3) is 2.18. The third-order valence-corrected chi connectivity index (χ3v) is 2.82. The normalized spacial score (nSPS) is 25.5. The molecule has 1 aromatic rings. The molecule has 0 saturated carbocycles. The molecular weight excluding hydrogens is 192 g/mol. The van der Waals surface area contributed by atoms with Crippen LogP contribution in [0, 0.1) is 11.8 Å². The second-order valence-corrected chi connectivity index (χ2v) is 4.11. The van der Waals surface area contributed by atoms with Crippen LogP contribution in [0.25, 0.3) is 0 Å². The maximum Gasteiger partial charge on any atom is 0.230 e. The molecule has 1 aromatic heterocycles. The molecule has 15 heavy (non-hydrogen) atoms. The van der Waals surface area contributed by atoms with E-state index < -0.39 is 0 Å². The molecule has 2 N–H and O–H groups in total. The van der Waals surface area contributed by atoms with Crippen molar-refractivity contribution in [1.29, 1.82) is 0 Å². The fourth-order valence-electron chi connectivity index (χ4n) is 1.86. The van der Waals surface area contributed by atoms with E-state index in [1.165, 1.54) is 0 Å². The summed E-state index contributed by atoms with van der Waals surface area (Å²) in [5.74, 6) is 1.15. The molecule has 2 unspecified atom stereocenters. The van der Waals surface area contributed by atoms with Crippen LogP contribution in [0.5, 0.6) is 0 Å². The number of amides is 1. The predicted molar refractivity (Wildman–Crippen MR) is 57.4 cm³/mol. The summed E-state index contributed by atoms with van der Waals surface area (Å²) in [6.45, 7) is 3.77. The first kappa shape index (κ1) is 10.2. The Bertz CT molecular complexity index is 360. The Kier molecular flexibility index (Phi) is 2.73. The minimum absolute atomic E-state index is 0.0613. The molecule has 5 heteroatoms. The van der Waals surface area contributed by atoms with E-state index >= 15 is 0 Å². The van der Waals surface area contributed by atoms with Crippen molar-refractivity contribution in [2.24, 2.45) is 18.9 Å². The van der Waals surface area contributed by atoms with Gasteiger partial charge in [-0.25, -0.2) is 0 Å². The topological polar surface area (TPSA) is 59.0 Å². The summed E-state index contributed by atoms with van der Waals surface area (Å²) >= 11 is 0. The molecule has 2 heterocycles. The van der Waals surface area contributed by atoms with E-state index in [0.29, 0.717) is 11.7 Å². The van der Waals surface area contributed by atoms with Crippen LogP contribution in [0.2, 0.25) is 0 Å². The number of carbonyl (C=O) groups excluding carboxylic acids is 1. The molecule has 5 nitrogen and oxygen atoms in total. The predicted octanol–water partition coefficient (Wildman–Crippen LogP) is 0.214. The van der Waals surface area contributed by atoms with E-state index in [-0.39, 0.29) is 11.8 Å². The van der Waals surface area contributed by atoms with Crippen LogP contribution in [0.4, 0.5) is 5.82 Å². The van der Waals surface area contributed by atoms with Crippen LogP contribution < -0.4 is 10.6 Å². The second kappa shape index (κ2) is 4.02. The molecule has 1 fully saturated rings. The highest BCUT2D eigenvalue weighted by Crippen LogP contribution is 2.17. The fourth-order valence-corrected chi connectivity index (χ4v) is 1.86. The molecule has 1 aliphatic heterocycles. The largest absolute Gasteiger partial charge is 0.316 e. The van der Waals surface area contributed by atoms with Gasteiger partial charge in [0.1, 0.15) is 0 Å². The Morgan fingerprint density at radius 2 is 2.47 bits per heavy atom. The van der Waals surface area contributed by atoms with Crippen molar-refractivity contribution in [2.75, 3.05) is 18.4 Å². The van der Waals surface area contributed by atoms with Gasteiger partial charge in [-0.2, -0.15) is 5.10 Å².